The fraction of sp³-hybridized carbons (Fsp3) is 0. The Morgan fingerprint density at radius 2 is 2.09 bits per heavy atom. The number of hydrogen-bond acceptors (Lipinski definition) is 2. The third-order valence-electron chi connectivity index (χ3n) is 1.63. The quantitative estimate of drug-likeness (QED) is 0.502. The Bertz CT molecular complexity index is 483. The summed E-state index contributed by atoms with van der Waals surface area (Å²) in [5, 5.41) is 1.48. The predicted molar refractivity (Wildman–Crippen MR) is 43.3 cm³/mol. The van der Waals surface area contributed by atoms with E-state index >= 15 is 0 Å². The number of fused-ring (bicyclic) bond motifs is 1. The highest BCUT2D eigenvalue weighted by Gasteiger charge is 1.92. The minimum Gasteiger partial charge on any atom is -0.297 e. The number of imidazole rings is 1. The Kier molecular flexibility index (Phi) is 1.06. The average Bonchev–Trinajstić information content (AvgIpc) is 2.45. The minimum absolute atomic E-state index is 0.690. The number of rotatable bonds is 0. The molecule has 0 aliphatic carbocycles. The highest BCUT2D eigenvalue weighted by Crippen LogP contribution is 1.88. The zero-order valence-corrected chi connectivity index (χ0v) is 5.99. The van der Waals surface area contributed by atoms with Crippen LogP contribution < -0.4 is 10.7 Å². The van der Waals surface area contributed by atoms with Crippen molar-refractivity contribution in [3.63, 3.8) is 0 Å². The molecule has 0 N–H and O–H groups in total. The van der Waals surface area contributed by atoms with Gasteiger partial charge in [0.25, 0.3) is 0 Å². The summed E-state index contributed by atoms with van der Waals surface area (Å²) in [5.74, 6) is 0. The third kappa shape index (κ3) is 0.741. The lowest BCUT2D eigenvalue weighted by molar-refractivity contribution is 1.04. The Balaban J connectivity index is 3.17. The Labute approximate surface area is 63.3 Å². The van der Waals surface area contributed by atoms with Crippen molar-refractivity contribution in [3.05, 3.63) is 29.3 Å². The van der Waals surface area contributed by atoms with Crippen molar-refractivity contribution >= 4 is 18.8 Å². The minimum atomic E-state index is 0.690. The summed E-state index contributed by atoms with van der Waals surface area (Å²) in [6.45, 7) is 7.55. The van der Waals surface area contributed by atoms with Gasteiger partial charge >= 0.3 is 0 Å². The van der Waals surface area contributed by atoms with Gasteiger partial charge in [0.2, 0.25) is 0 Å². The van der Waals surface area contributed by atoms with Crippen LogP contribution in [0.4, 0.5) is 0 Å². The van der Waals surface area contributed by atoms with Gasteiger partial charge in [-0.3, -0.25) is 9.38 Å². The molecule has 3 heteroatoms. The van der Waals surface area contributed by atoms with Crippen LogP contribution in [0.15, 0.2) is 18.6 Å². The maximum atomic E-state index is 4.05. The van der Waals surface area contributed by atoms with Crippen molar-refractivity contribution < 1.29 is 0 Å². The molecule has 2 aromatic rings. The van der Waals surface area contributed by atoms with Gasteiger partial charge in [-0.2, -0.15) is 0 Å². The first-order valence-corrected chi connectivity index (χ1v) is 3.25. The van der Waals surface area contributed by atoms with Crippen LogP contribution >= 0.6 is 0 Å². The third-order valence-corrected chi connectivity index (χ3v) is 1.63. The molecule has 2 aromatic heterocycles. The Morgan fingerprint density at radius 3 is 2.91 bits per heavy atom. The van der Waals surface area contributed by atoms with E-state index in [0.717, 1.165) is 11.0 Å². The molecule has 0 fully saturated rings. The second-order valence-electron chi connectivity index (χ2n) is 2.31. The van der Waals surface area contributed by atoms with E-state index in [-0.39, 0.29) is 0 Å². The first-order chi connectivity index (χ1) is 5.29. The molecule has 0 bridgehead atoms. The summed E-state index contributed by atoms with van der Waals surface area (Å²) < 4.78 is 1.86. The van der Waals surface area contributed by atoms with E-state index in [1.165, 1.54) is 0 Å². The summed E-state index contributed by atoms with van der Waals surface area (Å²) in [6.07, 6.45) is 5.23. The fourth-order valence-corrected chi connectivity index (χ4v) is 0.988. The molecule has 0 aliphatic heterocycles. The fourth-order valence-electron chi connectivity index (χ4n) is 0.988. The molecule has 11 heavy (non-hydrogen) atoms. The maximum Gasteiger partial charge on any atom is 0.155 e. The lowest BCUT2D eigenvalue weighted by Crippen LogP contribution is -2.31. The molecular formula is C8H7N3. The molecule has 2 rings (SSSR count). The van der Waals surface area contributed by atoms with Gasteiger partial charge in [0.1, 0.15) is 0 Å². The summed E-state index contributed by atoms with van der Waals surface area (Å²) in [6, 6.07) is 0. The molecule has 0 radical (unpaired) electrons. The molecule has 0 atom stereocenters. The van der Waals surface area contributed by atoms with Crippen LogP contribution in [0.25, 0.3) is 18.8 Å². The molecule has 0 saturated carbocycles. The SMILES string of the molecule is C=c1ncc2nccn2c1=C. The van der Waals surface area contributed by atoms with Crippen LogP contribution in [0.1, 0.15) is 0 Å². The van der Waals surface area contributed by atoms with Crippen LogP contribution in [0.5, 0.6) is 0 Å². The van der Waals surface area contributed by atoms with Gasteiger partial charge in [0, 0.05) is 12.4 Å². The Morgan fingerprint density at radius 1 is 1.27 bits per heavy atom. The second kappa shape index (κ2) is 1.92. The van der Waals surface area contributed by atoms with Crippen molar-refractivity contribution in [1.82, 2.24) is 14.4 Å². The van der Waals surface area contributed by atoms with Gasteiger partial charge < -0.3 is 0 Å². The van der Waals surface area contributed by atoms with Crippen molar-refractivity contribution in [2.45, 2.75) is 0 Å². The van der Waals surface area contributed by atoms with Gasteiger partial charge in [-0.1, -0.05) is 13.2 Å². The maximum absolute atomic E-state index is 4.05. The highest BCUT2D eigenvalue weighted by atomic mass is 15.0. The first kappa shape index (κ1) is 6.09. The van der Waals surface area contributed by atoms with E-state index in [4.69, 9.17) is 0 Å². The molecule has 0 unspecified atom stereocenters. The number of nitrogens with zero attached hydrogens (tertiary/aromatic N) is 3. The molecule has 0 aliphatic rings. The van der Waals surface area contributed by atoms with Crippen LogP contribution in [0.3, 0.4) is 0 Å². The molecule has 54 valence electrons. The normalized spacial score (nSPS) is 10.5. The second-order valence-corrected chi connectivity index (χ2v) is 2.31. The van der Waals surface area contributed by atoms with Gasteiger partial charge in [-0.25, -0.2) is 4.98 Å². The summed E-state index contributed by atoms with van der Waals surface area (Å²) in [4.78, 5) is 8.08. The molecule has 0 aromatic carbocycles. The van der Waals surface area contributed by atoms with Crippen LogP contribution in [0, 0.1) is 0 Å². The predicted octanol–water partition coefficient (Wildman–Crippen LogP) is -0.450. The first-order valence-electron chi connectivity index (χ1n) is 3.25. The standard InChI is InChI=1S/C8H7N3/c1-6-7(2)11-4-3-9-8(11)5-10-6/h3-5H,1-2H2. The van der Waals surface area contributed by atoms with Crippen molar-refractivity contribution in [1.29, 1.82) is 0 Å². The zero-order chi connectivity index (χ0) is 7.84. The summed E-state index contributed by atoms with van der Waals surface area (Å²) in [5.41, 5.74) is 0.808. The molecular weight excluding hydrogens is 138 g/mol. The van der Waals surface area contributed by atoms with Crippen LogP contribution in [-0.2, 0) is 0 Å². The van der Waals surface area contributed by atoms with Crippen LogP contribution in [-0.4, -0.2) is 14.4 Å². The van der Waals surface area contributed by atoms with Crippen molar-refractivity contribution in [2.24, 2.45) is 0 Å². The zero-order valence-electron chi connectivity index (χ0n) is 5.99. The molecule has 0 saturated heterocycles. The van der Waals surface area contributed by atoms with Gasteiger partial charge in [0.15, 0.2) is 5.65 Å². The van der Waals surface area contributed by atoms with Crippen molar-refractivity contribution in [2.75, 3.05) is 0 Å². The largest absolute Gasteiger partial charge is 0.297 e. The van der Waals surface area contributed by atoms with E-state index in [2.05, 4.69) is 23.1 Å². The topological polar surface area (TPSA) is 30.2 Å². The van der Waals surface area contributed by atoms with Gasteiger partial charge in [-0.05, 0) is 0 Å². The Hall–Kier alpha value is -1.64. The number of hydrogen-bond donors (Lipinski definition) is 0. The molecule has 3 nitrogen and oxygen atoms in total. The number of aromatic nitrogens is 3. The lowest BCUT2D eigenvalue weighted by atomic mass is 10.5. The van der Waals surface area contributed by atoms with E-state index in [1.54, 1.807) is 12.4 Å². The molecule has 0 amide bonds. The van der Waals surface area contributed by atoms with E-state index < -0.39 is 0 Å². The average molecular weight is 145 g/mol. The smallest absolute Gasteiger partial charge is 0.155 e. The van der Waals surface area contributed by atoms with Gasteiger partial charge in [-0.15, -0.1) is 0 Å². The van der Waals surface area contributed by atoms with E-state index in [0.29, 0.717) is 5.35 Å². The lowest BCUT2D eigenvalue weighted by Gasteiger charge is -1.91. The molecule has 2 heterocycles. The summed E-state index contributed by atoms with van der Waals surface area (Å²) >= 11 is 0. The highest BCUT2D eigenvalue weighted by molar-refractivity contribution is 5.35. The van der Waals surface area contributed by atoms with Crippen LogP contribution in [0.2, 0.25) is 0 Å². The van der Waals surface area contributed by atoms with E-state index in [1.807, 2.05) is 10.6 Å². The monoisotopic (exact) mass is 145 g/mol. The van der Waals surface area contributed by atoms with E-state index in [9.17, 15) is 0 Å². The summed E-state index contributed by atoms with van der Waals surface area (Å²) in [7, 11) is 0. The van der Waals surface area contributed by atoms with Gasteiger partial charge in [0.05, 0.1) is 16.9 Å². The molecule has 0 spiro atoms. The van der Waals surface area contributed by atoms with Crippen molar-refractivity contribution in [3.8, 4) is 0 Å².